The Balaban J connectivity index is 2.03. The van der Waals surface area contributed by atoms with E-state index in [4.69, 9.17) is 9.47 Å². The zero-order valence-corrected chi connectivity index (χ0v) is 18.1. The van der Waals surface area contributed by atoms with E-state index in [-0.39, 0.29) is 4.90 Å². The first-order valence-electron chi connectivity index (χ1n) is 9.60. The Labute approximate surface area is 172 Å². The highest BCUT2D eigenvalue weighted by Gasteiger charge is 2.53. The summed E-state index contributed by atoms with van der Waals surface area (Å²) in [5.74, 6) is 0.453. The second kappa shape index (κ2) is 8.06. The van der Waals surface area contributed by atoms with Gasteiger partial charge in [-0.2, -0.15) is 0 Å². The van der Waals surface area contributed by atoms with Crippen LogP contribution in [-0.4, -0.2) is 33.3 Å². The van der Waals surface area contributed by atoms with E-state index in [1.165, 1.54) is 14.2 Å². The van der Waals surface area contributed by atoms with Crippen LogP contribution in [0.2, 0.25) is 0 Å². The Bertz CT molecular complexity index is 1020. The number of hydrogen-bond donors (Lipinski definition) is 1. The van der Waals surface area contributed by atoms with Crippen LogP contribution in [0, 0.1) is 13.8 Å². The highest BCUT2D eigenvalue weighted by molar-refractivity contribution is 7.93. The highest BCUT2D eigenvalue weighted by Crippen LogP contribution is 2.42. The molecule has 1 aliphatic rings. The van der Waals surface area contributed by atoms with E-state index in [9.17, 15) is 13.2 Å². The molecular weight excluding hydrogens is 390 g/mol. The van der Waals surface area contributed by atoms with Gasteiger partial charge in [-0.15, -0.1) is 0 Å². The zero-order valence-electron chi connectivity index (χ0n) is 17.2. The van der Waals surface area contributed by atoms with Gasteiger partial charge in [-0.25, -0.2) is 8.42 Å². The molecule has 0 spiro atoms. The predicted molar refractivity (Wildman–Crippen MR) is 112 cm³/mol. The van der Waals surface area contributed by atoms with Gasteiger partial charge in [0.1, 0.15) is 11.5 Å². The van der Waals surface area contributed by atoms with Crippen LogP contribution in [0.25, 0.3) is 0 Å². The number of amides is 1. The van der Waals surface area contributed by atoms with Crippen LogP contribution < -0.4 is 14.8 Å². The summed E-state index contributed by atoms with van der Waals surface area (Å²) in [6.07, 6.45) is 1.96. The number of nitrogens with one attached hydrogen (secondary N) is 1. The number of anilines is 1. The van der Waals surface area contributed by atoms with Crippen LogP contribution >= 0.6 is 0 Å². The monoisotopic (exact) mass is 417 g/mol. The largest absolute Gasteiger partial charge is 0.497 e. The second-order valence-electron chi connectivity index (χ2n) is 7.47. The van der Waals surface area contributed by atoms with Gasteiger partial charge in [0.05, 0.1) is 24.8 Å². The van der Waals surface area contributed by atoms with Crippen molar-refractivity contribution in [1.29, 1.82) is 0 Å². The summed E-state index contributed by atoms with van der Waals surface area (Å²) in [6.45, 7) is 3.80. The molecule has 7 heteroatoms. The first-order valence-corrected chi connectivity index (χ1v) is 11.1. The summed E-state index contributed by atoms with van der Waals surface area (Å²) < 4.78 is 36.3. The number of aryl methyl sites for hydroxylation is 2. The Morgan fingerprint density at radius 1 is 0.966 bits per heavy atom. The summed E-state index contributed by atoms with van der Waals surface area (Å²) in [4.78, 5) is 13.6. The lowest BCUT2D eigenvalue weighted by atomic mass is 10.1. The van der Waals surface area contributed by atoms with Crippen molar-refractivity contribution in [3.63, 3.8) is 0 Å². The average molecular weight is 418 g/mol. The topological polar surface area (TPSA) is 81.7 Å². The standard InChI is InChI=1S/C22H27NO5S/c1-15-7-9-18(13-16(15)2)29(25,26)22(11-5-6-12-22)21(24)23-19-14-17(27-3)8-10-20(19)28-4/h7-10,13-14H,5-6,11-12H2,1-4H3,(H,23,24). The van der Waals surface area contributed by atoms with Gasteiger partial charge in [-0.1, -0.05) is 18.9 Å². The van der Waals surface area contributed by atoms with Crippen molar-refractivity contribution in [2.24, 2.45) is 0 Å². The van der Waals surface area contributed by atoms with Gasteiger partial charge in [0.2, 0.25) is 5.91 Å². The van der Waals surface area contributed by atoms with Gasteiger partial charge >= 0.3 is 0 Å². The van der Waals surface area contributed by atoms with Gasteiger partial charge in [-0.3, -0.25) is 4.79 Å². The molecule has 29 heavy (non-hydrogen) atoms. The van der Waals surface area contributed by atoms with Crippen LogP contribution in [0.1, 0.15) is 36.8 Å². The molecule has 1 fully saturated rings. The molecule has 6 nitrogen and oxygen atoms in total. The van der Waals surface area contributed by atoms with Gasteiger partial charge in [0, 0.05) is 6.07 Å². The number of methoxy groups -OCH3 is 2. The molecule has 0 radical (unpaired) electrons. The molecule has 2 aromatic carbocycles. The number of benzene rings is 2. The van der Waals surface area contributed by atoms with E-state index in [0.717, 1.165) is 11.1 Å². The average Bonchev–Trinajstić information content (AvgIpc) is 3.21. The molecule has 1 amide bonds. The number of hydrogen-bond acceptors (Lipinski definition) is 5. The molecule has 3 rings (SSSR count). The van der Waals surface area contributed by atoms with E-state index >= 15 is 0 Å². The van der Waals surface area contributed by atoms with Gasteiger partial charge in [0.15, 0.2) is 14.6 Å². The number of carbonyl (C=O) groups excluding carboxylic acids is 1. The highest BCUT2D eigenvalue weighted by atomic mass is 32.2. The Kier molecular flexibility index (Phi) is 5.89. The fraction of sp³-hybridized carbons (Fsp3) is 0.409. The molecule has 0 aliphatic heterocycles. The molecule has 0 saturated heterocycles. The summed E-state index contributed by atoms with van der Waals surface area (Å²) in [5, 5.41) is 2.80. The zero-order chi connectivity index (χ0) is 21.2. The maximum absolute atomic E-state index is 13.6. The van der Waals surface area contributed by atoms with Crippen molar-refractivity contribution in [3.8, 4) is 11.5 Å². The second-order valence-corrected chi connectivity index (χ2v) is 9.73. The van der Waals surface area contributed by atoms with Crippen LogP contribution in [0.4, 0.5) is 5.69 Å². The normalized spacial score (nSPS) is 15.7. The van der Waals surface area contributed by atoms with Gasteiger partial charge < -0.3 is 14.8 Å². The van der Waals surface area contributed by atoms with Crippen molar-refractivity contribution in [3.05, 3.63) is 47.5 Å². The molecular formula is C22H27NO5S. The van der Waals surface area contributed by atoms with E-state index in [1.807, 2.05) is 13.8 Å². The Morgan fingerprint density at radius 3 is 2.24 bits per heavy atom. The van der Waals surface area contributed by atoms with Crippen LogP contribution in [0.3, 0.4) is 0 Å². The molecule has 2 aromatic rings. The third kappa shape index (κ3) is 3.71. The number of sulfone groups is 1. The Hall–Kier alpha value is -2.54. The first-order chi connectivity index (χ1) is 13.7. The fourth-order valence-corrected chi connectivity index (χ4v) is 5.97. The quantitative estimate of drug-likeness (QED) is 0.767. The molecule has 0 bridgehead atoms. The molecule has 1 N–H and O–H groups in total. The van der Waals surface area contributed by atoms with Crippen molar-refractivity contribution in [2.75, 3.05) is 19.5 Å². The Morgan fingerprint density at radius 2 is 1.66 bits per heavy atom. The first kappa shape index (κ1) is 21.2. The third-order valence-corrected chi connectivity index (χ3v) is 8.28. The van der Waals surface area contributed by atoms with E-state index < -0.39 is 20.5 Å². The van der Waals surface area contributed by atoms with Crippen molar-refractivity contribution >= 4 is 21.4 Å². The molecule has 1 saturated carbocycles. The summed E-state index contributed by atoms with van der Waals surface area (Å²) in [5.41, 5.74) is 2.28. The lowest BCUT2D eigenvalue weighted by Gasteiger charge is -2.28. The number of rotatable bonds is 6. The minimum absolute atomic E-state index is 0.190. The molecule has 0 heterocycles. The maximum Gasteiger partial charge on any atom is 0.246 e. The minimum Gasteiger partial charge on any atom is -0.497 e. The van der Waals surface area contributed by atoms with Crippen molar-refractivity contribution < 1.29 is 22.7 Å². The maximum atomic E-state index is 13.6. The molecule has 156 valence electrons. The summed E-state index contributed by atoms with van der Waals surface area (Å²) in [7, 11) is -0.860. The molecule has 0 unspecified atom stereocenters. The van der Waals surface area contributed by atoms with Crippen LogP contribution in [-0.2, 0) is 14.6 Å². The fourth-order valence-electron chi connectivity index (χ4n) is 3.82. The molecule has 0 atom stereocenters. The lowest BCUT2D eigenvalue weighted by Crippen LogP contribution is -2.47. The number of carbonyl (C=O) groups is 1. The molecule has 1 aliphatic carbocycles. The predicted octanol–water partition coefficient (Wildman–Crippen LogP) is 4.05. The SMILES string of the molecule is COc1ccc(OC)c(NC(=O)C2(S(=O)(=O)c3ccc(C)c(C)c3)CCCC2)c1. The molecule has 0 aromatic heterocycles. The van der Waals surface area contributed by atoms with Gasteiger partial charge in [0.25, 0.3) is 0 Å². The lowest BCUT2D eigenvalue weighted by molar-refractivity contribution is -0.118. The van der Waals surface area contributed by atoms with Gasteiger partial charge in [-0.05, 0) is 62.1 Å². The van der Waals surface area contributed by atoms with Crippen molar-refractivity contribution in [2.45, 2.75) is 49.2 Å². The van der Waals surface area contributed by atoms with E-state index in [2.05, 4.69) is 5.32 Å². The number of ether oxygens (including phenoxy) is 2. The summed E-state index contributed by atoms with van der Waals surface area (Å²) >= 11 is 0. The van der Waals surface area contributed by atoms with E-state index in [0.29, 0.717) is 42.9 Å². The minimum atomic E-state index is -3.88. The van der Waals surface area contributed by atoms with Crippen LogP contribution in [0.15, 0.2) is 41.3 Å². The van der Waals surface area contributed by atoms with Crippen molar-refractivity contribution in [1.82, 2.24) is 0 Å². The van der Waals surface area contributed by atoms with E-state index in [1.54, 1.807) is 36.4 Å². The smallest absolute Gasteiger partial charge is 0.246 e. The summed E-state index contributed by atoms with van der Waals surface area (Å²) in [6, 6.07) is 10.1. The third-order valence-electron chi connectivity index (χ3n) is 5.78. The van der Waals surface area contributed by atoms with Crippen LogP contribution in [0.5, 0.6) is 11.5 Å².